The van der Waals surface area contributed by atoms with Crippen molar-refractivity contribution in [1.29, 1.82) is 5.26 Å². The van der Waals surface area contributed by atoms with E-state index in [1.165, 1.54) is 0 Å². The van der Waals surface area contributed by atoms with Crippen molar-refractivity contribution in [2.24, 2.45) is 13.0 Å². The summed E-state index contributed by atoms with van der Waals surface area (Å²) >= 11 is 0. The minimum atomic E-state index is -0.675. The summed E-state index contributed by atoms with van der Waals surface area (Å²) in [7, 11) is 1.81. The molecule has 0 fully saturated rings. The molecule has 5 nitrogen and oxygen atoms in total. The van der Waals surface area contributed by atoms with Gasteiger partial charge < -0.3 is 5.32 Å². The summed E-state index contributed by atoms with van der Waals surface area (Å²) in [4.78, 5) is 12.0. The topological polar surface area (TPSA) is 70.7 Å². The Morgan fingerprint density at radius 1 is 1.40 bits per heavy atom. The Kier molecular flexibility index (Phi) is 4.51. The highest BCUT2D eigenvalue weighted by Gasteiger charge is 2.18. The van der Waals surface area contributed by atoms with E-state index in [0.29, 0.717) is 13.0 Å². The number of benzene rings is 1. The summed E-state index contributed by atoms with van der Waals surface area (Å²) in [5.41, 5.74) is 1.88. The van der Waals surface area contributed by atoms with Crippen molar-refractivity contribution in [3.05, 3.63) is 53.9 Å². The number of nitrogens with zero attached hydrogens (tertiary/aromatic N) is 3. The second-order valence-electron chi connectivity index (χ2n) is 4.54. The fraction of sp³-hybridized carbons (Fsp3) is 0.267. The highest BCUT2D eigenvalue weighted by Crippen LogP contribution is 2.08. The highest BCUT2D eigenvalue weighted by molar-refractivity contribution is 5.81. The van der Waals surface area contributed by atoms with Gasteiger partial charge in [-0.25, -0.2) is 0 Å². The van der Waals surface area contributed by atoms with Gasteiger partial charge in [0.2, 0.25) is 5.91 Å². The summed E-state index contributed by atoms with van der Waals surface area (Å²) in [5.74, 6) is -0.928. The fourth-order valence-corrected chi connectivity index (χ4v) is 1.92. The summed E-state index contributed by atoms with van der Waals surface area (Å²) in [6.07, 6.45) is 2.10. The molecule has 2 aromatic rings. The van der Waals surface area contributed by atoms with Crippen molar-refractivity contribution in [2.75, 3.05) is 0 Å². The number of carbonyl (C=O) groups excluding carboxylic acids is 1. The first-order chi connectivity index (χ1) is 9.70. The molecule has 1 unspecified atom stereocenters. The predicted molar refractivity (Wildman–Crippen MR) is 74.3 cm³/mol. The zero-order valence-corrected chi connectivity index (χ0v) is 11.3. The van der Waals surface area contributed by atoms with Crippen LogP contribution in [-0.4, -0.2) is 15.7 Å². The molecule has 0 saturated heterocycles. The van der Waals surface area contributed by atoms with Crippen LogP contribution in [-0.2, 0) is 24.8 Å². The number of aryl methyl sites for hydroxylation is 1. The van der Waals surface area contributed by atoms with E-state index in [1.807, 2.05) is 43.4 Å². The molecule has 0 bridgehead atoms. The van der Waals surface area contributed by atoms with E-state index in [4.69, 9.17) is 5.26 Å². The van der Waals surface area contributed by atoms with E-state index in [1.54, 1.807) is 10.9 Å². The molecule has 0 spiro atoms. The molecule has 5 heteroatoms. The molecule has 102 valence electrons. The lowest BCUT2D eigenvalue weighted by molar-refractivity contribution is -0.123. The maximum absolute atomic E-state index is 12.0. The number of carbonyl (C=O) groups is 1. The highest BCUT2D eigenvalue weighted by atomic mass is 16.1. The molecule has 2 rings (SSSR count). The van der Waals surface area contributed by atoms with Crippen LogP contribution in [0.3, 0.4) is 0 Å². The molecular formula is C15H16N4O. The zero-order chi connectivity index (χ0) is 14.4. The molecule has 0 aliphatic heterocycles. The predicted octanol–water partition coefficient (Wildman–Crippen LogP) is 1.42. The lowest BCUT2D eigenvalue weighted by Gasteiger charge is -2.10. The minimum Gasteiger partial charge on any atom is -0.349 e. The third kappa shape index (κ3) is 3.45. The van der Waals surface area contributed by atoms with E-state index in [-0.39, 0.29) is 5.91 Å². The van der Waals surface area contributed by atoms with Crippen LogP contribution >= 0.6 is 0 Å². The molecule has 0 aliphatic rings. The van der Waals surface area contributed by atoms with Crippen LogP contribution in [0.5, 0.6) is 0 Å². The Morgan fingerprint density at radius 2 is 2.15 bits per heavy atom. The minimum absolute atomic E-state index is 0.252. The third-order valence-corrected chi connectivity index (χ3v) is 3.12. The zero-order valence-electron chi connectivity index (χ0n) is 11.3. The SMILES string of the molecule is Cn1nccc1CNC(=O)C(C#N)Cc1ccccc1. The fourth-order valence-electron chi connectivity index (χ4n) is 1.92. The molecular weight excluding hydrogens is 252 g/mol. The number of amides is 1. The van der Waals surface area contributed by atoms with Crippen molar-refractivity contribution in [1.82, 2.24) is 15.1 Å². The Bertz CT molecular complexity index is 612. The van der Waals surface area contributed by atoms with Crippen LogP contribution in [0.15, 0.2) is 42.6 Å². The monoisotopic (exact) mass is 268 g/mol. The lowest BCUT2D eigenvalue weighted by Crippen LogP contribution is -2.31. The standard InChI is InChI=1S/C15H16N4O/c1-19-14(7-8-18-19)11-17-15(20)13(10-16)9-12-5-3-2-4-6-12/h2-8,13H,9,11H2,1H3,(H,17,20). The first kappa shape index (κ1) is 13.8. The van der Waals surface area contributed by atoms with Gasteiger partial charge in [-0.05, 0) is 18.1 Å². The molecule has 0 aliphatic carbocycles. The van der Waals surface area contributed by atoms with Crippen molar-refractivity contribution < 1.29 is 4.79 Å². The second-order valence-corrected chi connectivity index (χ2v) is 4.54. The molecule has 20 heavy (non-hydrogen) atoms. The van der Waals surface area contributed by atoms with Gasteiger partial charge in [-0.2, -0.15) is 10.4 Å². The smallest absolute Gasteiger partial charge is 0.238 e. The van der Waals surface area contributed by atoms with E-state index < -0.39 is 5.92 Å². The number of rotatable bonds is 5. The quantitative estimate of drug-likeness (QED) is 0.891. The molecule has 0 radical (unpaired) electrons. The summed E-state index contributed by atoms with van der Waals surface area (Å²) in [6, 6.07) is 13.4. The van der Waals surface area contributed by atoms with Gasteiger partial charge in [0, 0.05) is 13.2 Å². The summed E-state index contributed by atoms with van der Waals surface area (Å²) in [5, 5.41) is 15.9. The van der Waals surface area contributed by atoms with Gasteiger partial charge in [0.15, 0.2) is 0 Å². The van der Waals surface area contributed by atoms with Gasteiger partial charge in [0.1, 0.15) is 5.92 Å². The van der Waals surface area contributed by atoms with Gasteiger partial charge in [0.05, 0.1) is 18.3 Å². The van der Waals surface area contributed by atoms with E-state index in [0.717, 1.165) is 11.3 Å². The second kappa shape index (κ2) is 6.53. The number of nitriles is 1. The number of hydrogen-bond donors (Lipinski definition) is 1. The normalized spacial score (nSPS) is 11.6. The first-order valence-electron chi connectivity index (χ1n) is 6.39. The van der Waals surface area contributed by atoms with Gasteiger partial charge in [-0.3, -0.25) is 9.48 Å². The molecule has 1 heterocycles. The summed E-state index contributed by atoms with van der Waals surface area (Å²) < 4.78 is 1.69. The molecule has 1 N–H and O–H groups in total. The van der Waals surface area contributed by atoms with Gasteiger partial charge in [-0.1, -0.05) is 30.3 Å². The molecule has 1 aromatic carbocycles. The van der Waals surface area contributed by atoms with E-state index in [9.17, 15) is 4.79 Å². The van der Waals surface area contributed by atoms with Crippen LogP contribution in [0.2, 0.25) is 0 Å². The van der Waals surface area contributed by atoms with Crippen LogP contribution in [0.1, 0.15) is 11.3 Å². The van der Waals surface area contributed by atoms with Crippen molar-refractivity contribution in [3.63, 3.8) is 0 Å². The van der Waals surface area contributed by atoms with Gasteiger partial charge in [-0.15, -0.1) is 0 Å². The van der Waals surface area contributed by atoms with Gasteiger partial charge in [0.25, 0.3) is 0 Å². The van der Waals surface area contributed by atoms with Crippen molar-refractivity contribution in [3.8, 4) is 6.07 Å². The Hall–Kier alpha value is -2.61. The third-order valence-electron chi connectivity index (χ3n) is 3.12. The average Bonchev–Trinajstić information content (AvgIpc) is 2.88. The maximum Gasteiger partial charge on any atom is 0.238 e. The van der Waals surface area contributed by atoms with Crippen LogP contribution in [0.4, 0.5) is 0 Å². The first-order valence-corrected chi connectivity index (χ1v) is 6.39. The average molecular weight is 268 g/mol. The number of hydrogen-bond acceptors (Lipinski definition) is 3. The van der Waals surface area contributed by atoms with Crippen LogP contribution in [0.25, 0.3) is 0 Å². The van der Waals surface area contributed by atoms with Crippen LogP contribution in [0, 0.1) is 17.2 Å². The van der Waals surface area contributed by atoms with Crippen molar-refractivity contribution in [2.45, 2.75) is 13.0 Å². The Balaban J connectivity index is 1.93. The lowest BCUT2D eigenvalue weighted by atomic mass is 10.00. The molecule has 1 atom stereocenters. The Morgan fingerprint density at radius 3 is 2.75 bits per heavy atom. The summed E-state index contributed by atoms with van der Waals surface area (Å²) in [6.45, 7) is 0.377. The van der Waals surface area contributed by atoms with E-state index in [2.05, 4.69) is 16.5 Å². The number of aromatic nitrogens is 2. The van der Waals surface area contributed by atoms with E-state index >= 15 is 0 Å². The van der Waals surface area contributed by atoms with Crippen molar-refractivity contribution >= 4 is 5.91 Å². The molecule has 1 aromatic heterocycles. The Labute approximate surface area is 117 Å². The maximum atomic E-state index is 12.0. The number of nitrogens with one attached hydrogen (secondary N) is 1. The van der Waals surface area contributed by atoms with Crippen LogP contribution < -0.4 is 5.32 Å². The largest absolute Gasteiger partial charge is 0.349 e. The van der Waals surface area contributed by atoms with Gasteiger partial charge >= 0.3 is 0 Å². The molecule has 1 amide bonds. The molecule has 0 saturated carbocycles.